The number of carbonyl (C=O) groups is 2. The zero-order valence-electron chi connectivity index (χ0n) is 16.7. The van der Waals surface area contributed by atoms with Crippen molar-refractivity contribution in [3.8, 4) is 17.2 Å². The third-order valence-electron chi connectivity index (χ3n) is 4.25. The van der Waals surface area contributed by atoms with Gasteiger partial charge in [0.25, 0.3) is 5.91 Å². The Hall–Kier alpha value is -4.60. The average Bonchev–Trinajstić information content (AvgIpc) is 3.44. The molecule has 0 bridgehead atoms. The molecule has 0 aliphatic heterocycles. The number of nitrogens with zero attached hydrogens (tertiary/aromatic N) is 2. The van der Waals surface area contributed by atoms with Gasteiger partial charge in [-0.3, -0.25) is 20.4 Å². The number of carbonyl (C=O) groups excluding carboxylic acids is 2. The Morgan fingerprint density at radius 2 is 1.62 bits per heavy atom. The molecule has 0 saturated carbocycles. The largest absolute Gasteiger partial charge is 0.486 e. The van der Waals surface area contributed by atoms with E-state index in [1.165, 1.54) is 6.07 Å². The summed E-state index contributed by atoms with van der Waals surface area (Å²) < 4.78 is 16.9. The van der Waals surface area contributed by atoms with Gasteiger partial charge in [0, 0.05) is 5.56 Å². The summed E-state index contributed by atoms with van der Waals surface area (Å²) in [6.45, 7) is -0.299. The van der Waals surface area contributed by atoms with Crippen molar-refractivity contribution in [2.45, 2.75) is 13.2 Å². The first-order valence-corrected chi connectivity index (χ1v) is 9.57. The first kappa shape index (κ1) is 20.7. The smallest absolute Gasteiger partial charge is 0.437 e. The van der Waals surface area contributed by atoms with Crippen molar-refractivity contribution in [1.82, 2.24) is 20.6 Å². The van der Waals surface area contributed by atoms with Gasteiger partial charge in [0.05, 0.1) is 0 Å². The lowest BCUT2D eigenvalue weighted by Gasteiger charge is -2.05. The maximum Gasteiger partial charge on any atom is 0.437 e. The summed E-state index contributed by atoms with van der Waals surface area (Å²) in [7, 11) is 0. The van der Waals surface area contributed by atoms with Crippen molar-refractivity contribution in [1.29, 1.82) is 0 Å². The van der Waals surface area contributed by atoms with E-state index in [4.69, 9.17) is 13.6 Å². The SMILES string of the molecule is O=C(Cn1nc(-c2ccccc2)oc1=O)NNC(=O)c1ccc(COc2ccccc2)o1. The molecule has 2 aromatic heterocycles. The molecule has 10 heteroatoms. The van der Waals surface area contributed by atoms with Gasteiger partial charge in [0.1, 0.15) is 24.7 Å². The Balaban J connectivity index is 1.28. The van der Waals surface area contributed by atoms with E-state index < -0.39 is 24.1 Å². The molecule has 0 fully saturated rings. The van der Waals surface area contributed by atoms with Gasteiger partial charge >= 0.3 is 11.7 Å². The van der Waals surface area contributed by atoms with Crippen LogP contribution >= 0.6 is 0 Å². The first-order chi connectivity index (χ1) is 15.6. The molecule has 0 aliphatic carbocycles. The molecule has 4 rings (SSSR count). The number of rotatable bonds is 7. The average molecular weight is 434 g/mol. The number of hydrogen-bond donors (Lipinski definition) is 2. The molecule has 0 spiro atoms. The highest BCUT2D eigenvalue weighted by Crippen LogP contribution is 2.15. The van der Waals surface area contributed by atoms with Gasteiger partial charge in [0.15, 0.2) is 5.76 Å². The van der Waals surface area contributed by atoms with E-state index in [9.17, 15) is 14.4 Å². The zero-order valence-corrected chi connectivity index (χ0v) is 16.7. The van der Waals surface area contributed by atoms with Crippen LogP contribution in [0.3, 0.4) is 0 Å². The van der Waals surface area contributed by atoms with Crippen LogP contribution in [-0.2, 0) is 17.9 Å². The molecule has 10 nitrogen and oxygen atoms in total. The molecule has 4 aromatic rings. The molecule has 2 N–H and O–H groups in total. The highest BCUT2D eigenvalue weighted by atomic mass is 16.5. The Morgan fingerprint density at radius 1 is 0.906 bits per heavy atom. The van der Waals surface area contributed by atoms with Crippen LogP contribution in [0, 0.1) is 0 Å². The predicted molar refractivity (Wildman–Crippen MR) is 111 cm³/mol. The molecule has 0 aliphatic rings. The van der Waals surface area contributed by atoms with Crippen LogP contribution in [0.4, 0.5) is 0 Å². The highest BCUT2D eigenvalue weighted by molar-refractivity contribution is 5.92. The number of benzene rings is 2. The number of amides is 2. The zero-order chi connectivity index (χ0) is 22.3. The van der Waals surface area contributed by atoms with Crippen molar-refractivity contribution in [3.63, 3.8) is 0 Å². The van der Waals surface area contributed by atoms with Crippen LogP contribution < -0.4 is 21.3 Å². The number of nitrogens with one attached hydrogen (secondary N) is 2. The van der Waals surface area contributed by atoms with E-state index in [-0.39, 0.29) is 18.3 Å². The number of para-hydroxylation sites is 1. The molecule has 0 unspecified atom stereocenters. The van der Waals surface area contributed by atoms with Gasteiger partial charge in [-0.15, -0.1) is 5.10 Å². The quantitative estimate of drug-likeness (QED) is 0.426. The minimum Gasteiger partial charge on any atom is -0.486 e. The summed E-state index contributed by atoms with van der Waals surface area (Å²) in [6.07, 6.45) is 0. The Kier molecular flexibility index (Phi) is 6.12. The maximum atomic E-state index is 12.2. The lowest BCUT2D eigenvalue weighted by molar-refractivity contribution is -0.122. The summed E-state index contributed by atoms with van der Waals surface area (Å²) in [5.74, 6) is -0.947. The topological polar surface area (TPSA) is 129 Å². The first-order valence-electron chi connectivity index (χ1n) is 9.57. The molecule has 162 valence electrons. The predicted octanol–water partition coefficient (Wildman–Crippen LogP) is 2.14. The van der Waals surface area contributed by atoms with E-state index in [1.54, 1.807) is 42.5 Å². The van der Waals surface area contributed by atoms with Gasteiger partial charge in [-0.25, -0.2) is 4.79 Å². The van der Waals surface area contributed by atoms with E-state index in [0.29, 0.717) is 17.1 Å². The van der Waals surface area contributed by atoms with Crippen molar-refractivity contribution in [2.24, 2.45) is 0 Å². The number of hydrogen-bond acceptors (Lipinski definition) is 7. The highest BCUT2D eigenvalue weighted by Gasteiger charge is 2.15. The van der Waals surface area contributed by atoms with Gasteiger partial charge in [-0.1, -0.05) is 36.4 Å². The summed E-state index contributed by atoms with van der Waals surface area (Å²) in [6, 6.07) is 21.0. The molecule has 2 aromatic carbocycles. The van der Waals surface area contributed by atoms with Crippen LogP contribution in [0.15, 0.2) is 86.4 Å². The minimum atomic E-state index is -0.792. The van der Waals surface area contributed by atoms with Crippen LogP contribution in [-0.4, -0.2) is 21.6 Å². The van der Waals surface area contributed by atoms with Crippen LogP contribution in [0.25, 0.3) is 11.5 Å². The second-order valence-electron chi connectivity index (χ2n) is 6.57. The lowest BCUT2D eigenvalue weighted by atomic mass is 10.2. The fourth-order valence-corrected chi connectivity index (χ4v) is 2.72. The minimum absolute atomic E-state index is 0.0121. The second kappa shape index (κ2) is 9.47. The Labute approximate surface area is 181 Å². The fraction of sp³-hybridized carbons (Fsp3) is 0.0909. The van der Waals surface area contributed by atoms with Crippen molar-refractivity contribution < 1.29 is 23.2 Å². The maximum absolute atomic E-state index is 12.2. The summed E-state index contributed by atoms with van der Waals surface area (Å²) in [4.78, 5) is 36.2. The number of aromatic nitrogens is 2. The Morgan fingerprint density at radius 3 is 2.38 bits per heavy atom. The normalized spacial score (nSPS) is 10.5. The number of hydrazine groups is 1. The van der Waals surface area contributed by atoms with E-state index in [0.717, 1.165) is 4.68 Å². The fourth-order valence-electron chi connectivity index (χ4n) is 2.72. The Bertz CT molecular complexity index is 1260. The molecule has 2 amide bonds. The lowest BCUT2D eigenvalue weighted by Crippen LogP contribution is -2.44. The van der Waals surface area contributed by atoms with E-state index >= 15 is 0 Å². The standard InChI is InChI=1S/C22H18N4O6/c27-19(13-26-22(29)32-21(25-26)15-7-3-1-4-8-15)23-24-20(28)18-12-11-17(31-18)14-30-16-9-5-2-6-10-16/h1-12H,13-14H2,(H,23,27)(H,24,28). The summed E-state index contributed by atoms with van der Waals surface area (Å²) in [5.41, 5.74) is 5.02. The monoisotopic (exact) mass is 434 g/mol. The van der Waals surface area contributed by atoms with Gasteiger partial charge in [-0.2, -0.15) is 4.68 Å². The van der Waals surface area contributed by atoms with E-state index in [2.05, 4.69) is 16.0 Å². The van der Waals surface area contributed by atoms with Crippen LogP contribution in [0.2, 0.25) is 0 Å². The molecule has 0 saturated heterocycles. The number of ether oxygens (including phenoxy) is 1. The summed E-state index contributed by atoms with van der Waals surface area (Å²) >= 11 is 0. The van der Waals surface area contributed by atoms with Crippen molar-refractivity contribution in [2.75, 3.05) is 0 Å². The molecule has 0 atom stereocenters. The number of furan rings is 1. The van der Waals surface area contributed by atoms with Crippen molar-refractivity contribution in [3.05, 3.63) is 94.9 Å². The van der Waals surface area contributed by atoms with Gasteiger partial charge < -0.3 is 13.6 Å². The van der Waals surface area contributed by atoms with Gasteiger partial charge in [-0.05, 0) is 36.4 Å². The third-order valence-corrected chi connectivity index (χ3v) is 4.25. The van der Waals surface area contributed by atoms with Crippen LogP contribution in [0.5, 0.6) is 5.75 Å². The van der Waals surface area contributed by atoms with Gasteiger partial charge in [0.2, 0.25) is 5.89 Å². The third kappa shape index (κ3) is 5.11. The molecular formula is C22H18N4O6. The molecule has 2 heterocycles. The van der Waals surface area contributed by atoms with Crippen molar-refractivity contribution >= 4 is 11.8 Å². The second-order valence-corrected chi connectivity index (χ2v) is 6.57. The van der Waals surface area contributed by atoms with Crippen LogP contribution in [0.1, 0.15) is 16.3 Å². The summed E-state index contributed by atoms with van der Waals surface area (Å²) in [5, 5.41) is 3.99. The molecule has 0 radical (unpaired) electrons. The molecule has 32 heavy (non-hydrogen) atoms. The van der Waals surface area contributed by atoms with E-state index in [1.807, 2.05) is 24.3 Å². The molecular weight excluding hydrogens is 416 g/mol.